The second-order valence-corrected chi connectivity index (χ2v) is 8.46. The third-order valence-corrected chi connectivity index (χ3v) is 5.92. The van der Waals surface area contributed by atoms with E-state index in [0.717, 1.165) is 22.6 Å². The quantitative estimate of drug-likeness (QED) is 0.311. The average molecular weight is 491 g/mol. The van der Waals surface area contributed by atoms with Crippen LogP contribution < -0.4 is 14.8 Å². The molecule has 0 saturated heterocycles. The molecule has 0 aliphatic carbocycles. The van der Waals surface area contributed by atoms with Crippen LogP contribution >= 0.6 is 11.8 Å². The summed E-state index contributed by atoms with van der Waals surface area (Å²) in [6.07, 6.45) is 0.240. The predicted molar refractivity (Wildman–Crippen MR) is 134 cm³/mol. The number of aromatic nitrogens is 3. The molecule has 0 fully saturated rings. The van der Waals surface area contributed by atoms with Gasteiger partial charge in [-0.25, -0.2) is 9.37 Å². The van der Waals surface area contributed by atoms with Crippen molar-refractivity contribution in [2.45, 2.75) is 11.6 Å². The van der Waals surface area contributed by atoms with E-state index in [4.69, 9.17) is 14.5 Å². The number of carbonyl (C=O) groups is 1. The Morgan fingerprint density at radius 1 is 0.829 bits per heavy atom. The van der Waals surface area contributed by atoms with Crippen LogP contribution in [0.25, 0.3) is 22.5 Å². The summed E-state index contributed by atoms with van der Waals surface area (Å²) in [5.74, 6) is 1.41. The Morgan fingerprint density at radius 3 is 1.97 bits per heavy atom. The Balaban J connectivity index is 1.51. The van der Waals surface area contributed by atoms with E-state index in [1.807, 2.05) is 48.5 Å². The van der Waals surface area contributed by atoms with Gasteiger partial charge in [0.25, 0.3) is 0 Å². The van der Waals surface area contributed by atoms with Gasteiger partial charge in [0, 0.05) is 29.0 Å². The Hall–Kier alpha value is -3.98. The summed E-state index contributed by atoms with van der Waals surface area (Å²) in [6.45, 7) is 0. The van der Waals surface area contributed by atoms with Gasteiger partial charge in [-0.15, -0.1) is 10.2 Å². The third-order valence-electron chi connectivity index (χ3n) is 5.08. The maximum absolute atomic E-state index is 13.0. The molecule has 0 saturated carbocycles. The molecule has 0 spiro atoms. The van der Waals surface area contributed by atoms with Crippen LogP contribution in [0.2, 0.25) is 0 Å². The van der Waals surface area contributed by atoms with Crippen molar-refractivity contribution >= 4 is 23.4 Å². The van der Waals surface area contributed by atoms with Crippen molar-refractivity contribution in [3.63, 3.8) is 0 Å². The molecule has 1 heterocycles. The molecular formula is C26H23FN4O3S. The number of ether oxygens (including phenoxy) is 2. The van der Waals surface area contributed by atoms with Gasteiger partial charge < -0.3 is 14.8 Å². The van der Waals surface area contributed by atoms with Crippen molar-refractivity contribution in [2.24, 2.45) is 0 Å². The Kier molecular flexibility index (Phi) is 7.89. The van der Waals surface area contributed by atoms with E-state index in [1.165, 1.54) is 36.0 Å². The SMILES string of the molecule is COc1ccc(-c2nnc(SCCC(=O)Nc3ccc(F)cc3)nc2-c2ccc(OC)cc2)cc1. The summed E-state index contributed by atoms with van der Waals surface area (Å²) >= 11 is 1.34. The zero-order valence-corrected chi connectivity index (χ0v) is 20.0. The van der Waals surface area contributed by atoms with Crippen LogP contribution in [0, 0.1) is 5.82 Å². The van der Waals surface area contributed by atoms with Gasteiger partial charge in [0.15, 0.2) is 0 Å². The minimum absolute atomic E-state index is 0.178. The number of thioether (sulfide) groups is 1. The highest BCUT2D eigenvalue weighted by molar-refractivity contribution is 7.99. The Bertz CT molecular complexity index is 1280. The van der Waals surface area contributed by atoms with E-state index in [2.05, 4.69) is 15.5 Å². The van der Waals surface area contributed by atoms with E-state index in [0.29, 0.717) is 28.0 Å². The molecule has 0 bridgehead atoms. The molecule has 0 aliphatic rings. The lowest BCUT2D eigenvalue weighted by Crippen LogP contribution is -2.12. The van der Waals surface area contributed by atoms with Crippen LogP contribution in [-0.4, -0.2) is 41.1 Å². The lowest BCUT2D eigenvalue weighted by atomic mass is 10.0. The number of rotatable bonds is 9. The monoisotopic (exact) mass is 490 g/mol. The standard InChI is InChI=1S/C26H23FN4O3S/c1-33-21-11-3-17(4-12-21)24-25(18-5-13-22(34-2)14-6-18)30-31-26(29-24)35-16-15-23(32)28-20-9-7-19(27)8-10-20/h3-14H,15-16H2,1-2H3,(H,28,32). The van der Waals surface area contributed by atoms with Gasteiger partial charge in [-0.05, 0) is 72.8 Å². The molecule has 0 aliphatic heterocycles. The van der Waals surface area contributed by atoms with Crippen LogP contribution in [0.15, 0.2) is 78.0 Å². The highest BCUT2D eigenvalue weighted by Crippen LogP contribution is 2.32. The number of hydrogen-bond donors (Lipinski definition) is 1. The molecule has 7 nitrogen and oxygen atoms in total. The first-order chi connectivity index (χ1) is 17.1. The zero-order valence-electron chi connectivity index (χ0n) is 19.2. The molecule has 0 unspecified atom stereocenters. The van der Waals surface area contributed by atoms with Crippen molar-refractivity contribution in [1.82, 2.24) is 15.2 Å². The number of methoxy groups -OCH3 is 2. The number of hydrogen-bond acceptors (Lipinski definition) is 7. The summed E-state index contributed by atoms with van der Waals surface area (Å²) in [7, 11) is 3.23. The number of carbonyl (C=O) groups excluding carboxylic acids is 1. The lowest BCUT2D eigenvalue weighted by Gasteiger charge is -2.11. The van der Waals surface area contributed by atoms with E-state index in [1.54, 1.807) is 14.2 Å². The van der Waals surface area contributed by atoms with Gasteiger partial charge in [0.1, 0.15) is 28.7 Å². The first kappa shape index (κ1) is 24.2. The van der Waals surface area contributed by atoms with Gasteiger partial charge in [-0.2, -0.15) is 0 Å². The van der Waals surface area contributed by atoms with E-state index < -0.39 is 0 Å². The number of anilines is 1. The van der Waals surface area contributed by atoms with Crippen LogP contribution in [0.4, 0.5) is 10.1 Å². The molecule has 1 aromatic heterocycles. The van der Waals surface area contributed by atoms with E-state index in [-0.39, 0.29) is 18.1 Å². The maximum atomic E-state index is 13.0. The average Bonchev–Trinajstić information content (AvgIpc) is 2.90. The first-order valence-corrected chi connectivity index (χ1v) is 11.8. The van der Waals surface area contributed by atoms with Crippen molar-refractivity contribution in [1.29, 1.82) is 0 Å². The number of nitrogens with zero attached hydrogens (tertiary/aromatic N) is 3. The Morgan fingerprint density at radius 2 is 1.40 bits per heavy atom. The summed E-state index contributed by atoms with van der Waals surface area (Å²) in [4.78, 5) is 17.0. The number of nitrogens with one attached hydrogen (secondary N) is 1. The van der Waals surface area contributed by atoms with Gasteiger partial charge in [0.2, 0.25) is 11.1 Å². The van der Waals surface area contributed by atoms with Crippen molar-refractivity contribution in [3.8, 4) is 34.0 Å². The first-order valence-electron chi connectivity index (χ1n) is 10.8. The highest BCUT2D eigenvalue weighted by atomic mass is 32.2. The fourth-order valence-corrected chi connectivity index (χ4v) is 3.98. The molecule has 9 heteroatoms. The zero-order chi connectivity index (χ0) is 24.6. The molecule has 1 amide bonds. The lowest BCUT2D eigenvalue weighted by molar-refractivity contribution is -0.115. The summed E-state index contributed by atoms with van der Waals surface area (Å²) in [5, 5.41) is 11.9. The predicted octanol–water partition coefficient (Wildman–Crippen LogP) is 5.48. The molecule has 0 radical (unpaired) electrons. The smallest absolute Gasteiger partial charge is 0.225 e. The van der Waals surface area contributed by atoms with Crippen molar-refractivity contribution < 1.29 is 18.7 Å². The van der Waals surface area contributed by atoms with Crippen LogP contribution in [0.1, 0.15) is 6.42 Å². The van der Waals surface area contributed by atoms with Gasteiger partial charge in [-0.1, -0.05) is 11.8 Å². The second-order valence-electron chi connectivity index (χ2n) is 7.40. The molecule has 178 valence electrons. The number of halogens is 1. The van der Waals surface area contributed by atoms with Crippen molar-refractivity contribution in [3.05, 3.63) is 78.6 Å². The number of benzene rings is 3. The largest absolute Gasteiger partial charge is 0.497 e. The van der Waals surface area contributed by atoms with Gasteiger partial charge in [0.05, 0.1) is 14.2 Å². The highest BCUT2D eigenvalue weighted by Gasteiger charge is 2.15. The normalized spacial score (nSPS) is 10.6. The summed E-state index contributed by atoms with van der Waals surface area (Å²) in [5.41, 5.74) is 3.57. The summed E-state index contributed by atoms with van der Waals surface area (Å²) in [6, 6.07) is 20.7. The second kappa shape index (κ2) is 11.4. The minimum atomic E-state index is -0.353. The minimum Gasteiger partial charge on any atom is -0.497 e. The topological polar surface area (TPSA) is 86.2 Å². The van der Waals surface area contributed by atoms with Crippen molar-refractivity contribution in [2.75, 3.05) is 25.3 Å². The van der Waals surface area contributed by atoms with Gasteiger partial charge >= 0.3 is 0 Å². The third kappa shape index (κ3) is 6.33. The molecule has 3 aromatic carbocycles. The molecule has 4 aromatic rings. The molecule has 0 atom stereocenters. The van der Waals surface area contributed by atoms with Crippen LogP contribution in [0.3, 0.4) is 0 Å². The summed E-state index contributed by atoms with van der Waals surface area (Å²) < 4.78 is 23.6. The molecule has 1 N–H and O–H groups in total. The molecule has 4 rings (SSSR count). The van der Waals surface area contributed by atoms with E-state index in [9.17, 15) is 9.18 Å². The number of amides is 1. The molecular weight excluding hydrogens is 467 g/mol. The maximum Gasteiger partial charge on any atom is 0.225 e. The Labute approximate surface area is 206 Å². The van der Waals surface area contributed by atoms with Crippen LogP contribution in [-0.2, 0) is 4.79 Å². The fraction of sp³-hybridized carbons (Fsp3) is 0.154. The molecule has 35 heavy (non-hydrogen) atoms. The van der Waals surface area contributed by atoms with Crippen LogP contribution in [0.5, 0.6) is 11.5 Å². The van der Waals surface area contributed by atoms with Gasteiger partial charge in [-0.3, -0.25) is 4.79 Å². The fourth-order valence-electron chi connectivity index (χ4n) is 3.26. The van der Waals surface area contributed by atoms with E-state index >= 15 is 0 Å².